The van der Waals surface area contributed by atoms with Gasteiger partial charge in [-0.3, -0.25) is 9.59 Å². The van der Waals surface area contributed by atoms with E-state index in [1.165, 1.54) is 0 Å². The van der Waals surface area contributed by atoms with E-state index in [9.17, 15) is 9.59 Å². The average Bonchev–Trinajstić information content (AvgIpc) is 3.14. The lowest BCUT2D eigenvalue weighted by Gasteiger charge is -2.13. The number of amides is 1. The first-order valence-electron chi connectivity index (χ1n) is 8.49. The fourth-order valence-corrected chi connectivity index (χ4v) is 2.22. The average molecular weight is 361 g/mol. The van der Waals surface area contributed by atoms with E-state index in [0.29, 0.717) is 42.6 Å². The standard InChI is InChI=1S/C19H23NO6/c1-3-23-16-9-7-14(12-17(16)24-4-2)20-18(21)13-26-19(22)10-8-15-6-5-11-25-15/h5-7,9,11-12H,3-4,8,10,13H2,1-2H3,(H,20,21). The van der Waals surface area contributed by atoms with Gasteiger partial charge in [0.05, 0.1) is 25.9 Å². The molecule has 1 aromatic carbocycles. The van der Waals surface area contributed by atoms with Crippen LogP contribution in [0.25, 0.3) is 0 Å². The maximum atomic E-state index is 12.0. The van der Waals surface area contributed by atoms with Crippen LogP contribution in [0.4, 0.5) is 5.69 Å². The topological polar surface area (TPSA) is 87.0 Å². The summed E-state index contributed by atoms with van der Waals surface area (Å²) in [7, 11) is 0. The molecule has 0 aliphatic rings. The number of nitrogens with one attached hydrogen (secondary N) is 1. The van der Waals surface area contributed by atoms with Crippen molar-refractivity contribution in [2.75, 3.05) is 25.1 Å². The van der Waals surface area contributed by atoms with Crippen molar-refractivity contribution in [3.63, 3.8) is 0 Å². The van der Waals surface area contributed by atoms with Crippen molar-refractivity contribution in [1.29, 1.82) is 0 Å². The van der Waals surface area contributed by atoms with Gasteiger partial charge in [0.1, 0.15) is 5.76 Å². The first-order valence-corrected chi connectivity index (χ1v) is 8.49. The summed E-state index contributed by atoms with van der Waals surface area (Å²) < 4.78 is 21.1. The van der Waals surface area contributed by atoms with Gasteiger partial charge < -0.3 is 23.9 Å². The minimum Gasteiger partial charge on any atom is -0.490 e. The van der Waals surface area contributed by atoms with Crippen molar-refractivity contribution in [1.82, 2.24) is 0 Å². The Balaban J connectivity index is 1.81. The van der Waals surface area contributed by atoms with Gasteiger partial charge in [-0.15, -0.1) is 0 Å². The van der Waals surface area contributed by atoms with Gasteiger partial charge in [0, 0.05) is 18.2 Å². The fourth-order valence-electron chi connectivity index (χ4n) is 2.22. The Morgan fingerprint density at radius 1 is 1.08 bits per heavy atom. The summed E-state index contributed by atoms with van der Waals surface area (Å²) in [5.74, 6) is 0.963. The molecule has 0 atom stereocenters. The number of hydrogen-bond acceptors (Lipinski definition) is 6. The van der Waals surface area contributed by atoms with Crippen LogP contribution in [0.5, 0.6) is 11.5 Å². The van der Waals surface area contributed by atoms with Crippen LogP contribution in [0.3, 0.4) is 0 Å². The minimum atomic E-state index is -0.460. The van der Waals surface area contributed by atoms with Crippen LogP contribution in [0.2, 0.25) is 0 Å². The van der Waals surface area contributed by atoms with Crippen molar-refractivity contribution in [2.24, 2.45) is 0 Å². The zero-order valence-electron chi connectivity index (χ0n) is 14.9. The summed E-state index contributed by atoms with van der Waals surface area (Å²) in [4.78, 5) is 23.6. The van der Waals surface area contributed by atoms with E-state index in [0.717, 1.165) is 0 Å². The van der Waals surface area contributed by atoms with E-state index in [1.54, 1.807) is 36.6 Å². The molecule has 1 heterocycles. The second-order valence-electron chi connectivity index (χ2n) is 5.32. The highest BCUT2D eigenvalue weighted by atomic mass is 16.5. The molecule has 0 radical (unpaired) electrons. The van der Waals surface area contributed by atoms with Gasteiger partial charge in [-0.25, -0.2) is 0 Å². The SMILES string of the molecule is CCOc1ccc(NC(=O)COC(=O)CCc2ccco2)cc1OCC. The van der Waals surface area contributed by atoms with E-state index in [2.05, 4.69) is 5.32 Å². The molecule has 2 aromatic rings. The maximum Gasteiger partial charge on any atom is 0.306 e. The summed E-state index contributed by atoms with van der Waals surface area (Å²) in [6.45, 7) is 4.38. The molecular formula is C19H23NO6. The highest BCUT2D eigenvalue weighted by Gasteiger charge is 2.11. The molecule has 0 bridgehead atoms. The highest BCUT2D eigenvalue weighted by Crippen LogP contribution is 2.30. The number of furan rings is 1. The van der Waals surface area contributed by atoms with E-state index in [1.807, 2.05) is 13.8 Å². The van der Waals surface area contributed by atoms with Crippen LogP contribution in [-0.4, -0.2) is 31.7 Å². The molecular weight excluding hydrogens is 338 g/mol. The molecule has 0 spiro atoms. The van der Waals surface area contributed by atoms with Gasteiger partial charge >= 0.3 is 5.97 Å². The van der Waals surface area contributed by atoms with Gasteiger partial charge in [-0.05, 0) is 38.1 Å². The van der Waals surface area contributed by atoms with Crippen LogP contribution in [0.1, 0.15) is 26.0 Å². The monoisotopic (exact) mass is 361 g/mol. The Hall–Kier alpha value is -2.96. The number of anilines is 1. The van der Waals surface area contributed by atoms with Gasteiger partial charge in [0.2, 0.25) is 0 Å². The van der Waals surface area contributed by atoms with Gasteiger partial charge in [0.25, 0.3) is 5.91 Å². The van der Waals surface area contributed by atoms with Crippen LogP contribution in [0.15, 0.2) is 41.0 Å². The number of benzene rings is 1. The van der Waals surface area contributed by atoms with Crippen LogP contribution in [-0.2, 0) is 20.7 Å². The molecule has 0 aliphatic carbocycles. The molecule has 1 N–H and O–H groups in total. The molecule has 1 aromatic heterocycles. The molecule has 0 aliphatic heterocycles. The molecule has 1 amide bonds. The zero-order chi connectivity index (χ0) is 18.8. The van der Waals surface area contributed by atoms with Crippen molar-refractivity contribution in [3.8, 4) is 11.5 Å². The molecule has 2 rings (SSSR count). The summed E-state index contributed by atoms with van der Waals surface area (Å²) >= 11 is 0. The van der Waals surface area contributed by atoms with E-state index < -0.39 is 11.9 Å². The number of rotatable bonds is 10. The lowest BCUT2D eigenvalue weighted by molar-refractivity contribution is -0.147. The van der Waals surface area contributed by atoms with Crippen LogP contribution in [0, 0.1) is 0 Å². The third kappa shape index (κ3) is 6.16. The quantitative estimate of drug-likeness (QED) is 0.654. The first kappa shape index (κ1) is 19.4. The maximum absolute atomic E-state index is 12.0. The number of carbonyl (C=O) groups excluding carboxylic acids is 2. The largest absolute Gasteiger partial charge is 0.490 e. The predicted molar refractivity (Wildman–Crippen MR) is 95.4 cm³/mol. The predicted octanol–water partition coefficient (Wildman–Crippen LogP) is 3.19. The van der Waals surface area contributed by atoms with E-state index >= 15 is 0 Å². The molecule has 0 unspecified atom stereocenters. The number of esters is 1. The number of carbonyl (C=O) groups is 2. The third-order valence-electron chi connectivity index (χ3n) is 3.35. The van der Waals surface area contributed by atoms with Crippen LogP contribution >= 0.6 is 0 Å². The Labute approximate surface area is 152 Å². The molecule has 26 heavy (non-hydrogen) atoms. The second kappa shape index (κ2) is 10.1. The Morgan fingerprint density at radius 2 is 1.85 bits per heavy atom. The zero-order valence-corrected chi connectivity index (χ0v) is 14.9. The van der Waals surface area contributed by atoms with Crippen molar-refractivity contribution < 1.29 is 28.2 Å². The Morgan fingerprint density at radius 3 is 2.54 bits per heavy atom. The summed E-state index contributed by atoms with van der Waals surface area (Å²) in [6.07, 6.45) is 2.13. The molecule has 0 saturated heterocycles. The lowest BCUT2D eigenvalue weighted by atomic mass is 10.2. The minimum absolute atomic E-state index is 0.151. The molecule has 0 fully saturated rings. The van der Waals surface area contributed by atoms with Crippen molar-refractivity contribution in [3.05, 3.63) is 42.4 Å². The van der Waals surface area contributed by atoms with Crippen LogP contribution < -0.4 is 14.8 Å². The number of hydrogen-bond donors (Lipinski definition) is 1. The lowest BCUT2D eigenvalue weighted by Crippen LogP contribution is -2.21. The third-order valence-corrected chi connectivity index (χ3v) is 3.35. The first-order chi connectivity index (χ1) is 12.6. The number of aryl methyl sites for hydroxylation is 1. The van der Waals surface area contributed by atoms with Crippen molar-refractivity contribution in [2.45, 2.75) is 26.7 Å². The summed E-state index contributed by atoms with van der Waals surface area (Å²) in [6, 6.07) is 8.62. The molecule has 7 heteroatoms. The molecule has 0 saturated carbocycles. The smallest absolute Gasteiger partial charge is 0.306 e. The van der Waals surface area contributed by atoms with Gasteiger partial charge in [-0.2, -0.15) is 0 Å². The summed E-state index contributed by atoms with van der Waals surface area (Å²) in [5, 5.41) is 2.66. The van der Waals surface area contributed by atoms with Crippen molar-refractivity contribution >= 4 is 17.6 Å². The summed E-state index contributed by atoms with van der Waals surface area (Å²) in [5.41, 5.74) is 0.536. The highest BCUT2D eigenvalue weighted by molar-refractivity contribution is 5.93. The van der Waals surface area contributed by atoms with Gasteiger partial charge in [-0.1, -0.05) is 0 Å². The van der Waals surface area contributed by atoms with Gasteiger partial charge in [0.15, 0.2) is 18.1 Å². The second-order valence-corrected chi connectivity index (χ2v) is 5.32. The van der Waals surface area contributed by atoms with E-state index in [4.69, 9.17) is 18.6 Å². The van der Waals surface area contributed by atoms with E-state index in [-0.39, 0.29) is 13.0 Å². The Kier molecular flexibility index (Phi) is 7.54. The normalized spacial score (nSPS) is 10.2. The Bertz CT molecular complexity index is 711. The molecule has 7 nitrogen and oxygen atoms in total. The fraction of sp³-hybridized carbons (Fsp3) is 0.368. The molecule has 140 valence electrons. The number of ether oxygens (including phenoxy) is 3.